The smallest absolute Gasteiger partial charge is 0.167 e. The Morgan fingerprint density at radius 3 is 2.73 bits per heavy atom. The maximum absolute atomic E-state index is 13.6. The van der Waals surface area contributed by atoms with Gasteiger partial charge in [-0.3, -0.25) is 4.79 Å². The Hall–Kier alpha value is -1.42. The number of carbonyl (C=O) groups excluding carboxylic acids is 1. The van der Waals surface area contributed by atoms with E-state index >= 15 is 0 Å². The minimum Gasteiger partial charge on any atom is -0.497 e. The lowest BCUT2D eigenvalue weighted by atomic mass is 10.0. The topological polar surface area (TPSA) is 52.3 Å². The summed E-state index contributed by atoms with van der Waals surface area (Å²) in [6.45, 7) is 1.81. The molecule has 4 heteroatoms. The van der Waals surface area contributed by atoms with Gasteiger partial charge in [-0.25, -0.2) is 4.39 Å². The Morgan fingerprint density at radius 1 is 1.53 bits per heavy atom. The van der Waals surface area contributed by atoms with Gasteiger partial charge in [-0.15, -0.1) is 0 Å². The van der Waals surface area contributed by atoms with Crippen LogP contribution < -0.4 is 10.5 Å². The van der Waals surface area contributed by atoms with Crippen molar-refractivity contribution in [2.75, 3.05) is 13.7 Å². The van der Waals surface area contributed by atoms with Gasteiger partial charge in [0.1, 0.15) is 11.6 Å². The molecule has 3 nitrogen and oxygen atoms in total. The molecule has 0 fully saturated rings. The van der Waals surface area contributed by atoms with Gasteiger partial charge >= 0.3 is 0 Å². The predicted molar refractivity (Wildman–Crippen MR) is 55.7 cm³/mol. The van der Waals surface area contributed by atoms with Gasteiger partial charge in [0.2, 0.25) is 0 Å². The van der Waals surface area contributed by atoms with Gasteiger partial charge in [-0.1, -0.05) is 0 Å². The molecular formula is C11H14FNO2. The molecule has 0 bridgehead atoms. The molecule has 0 aliphatic heterocycles. The molecule has 0 spiro atoms. The molecule has 1 aromatic carbocycles. The van der Waals surface area contributed by atoms with Gasteiger partial charge in [0.25, 0.3) is 0 Å². The normalized spacial score (nSPS) is 10.1. The highest BCUT2D eigenvalue weighted by Crippen LogP contribution is 2.21. The van der Waals surface area contributed by atoms with Crippen LogP contribution in [-0.4, -0.2) is 19.4 Å². The van der Waals surface area contributed by atoms with Crippen molar-refractivity contribution in [2.45, 2.75) is 13.3 Å². The molecule has 0 saturated heterocycles. The number of benzene rings is 1. The van der Waals surface area contributed by atoms with Crippen molar-refractivity contribution < 1.29 is 13.9 Å². The number of nitrogens with two attached hydrogens (primary N) is 1. The molecule has 82 valence electrons. The zero-order valence-electron chi connectivity index (χ0n) is 8.84. The second kappa shape index (κ2) is 4.89. The molecule has 1 aromatic rings. The van der Waals surface area contributed by atoms with E-state index in [0.29, 0.717) is 11.3 Å². The molecule has 0 aliphatic rings. The van der Waals surface area contributed by atoms with Gasteiger partial charge in [0, 0.05) is 6.42 Å². The summed E-state index contributed by atoms with van der Waals surface area (Å²) in [5, 5.41) is 0. The quantitative estimate of drug-likeness (QED) is 0.771. The van der Waals surface area contributed by atoms with Crippen LogP contribution in [0.2, 0.25) is 0 Å². The molecule has 1 rings (SSSR count). The number of halogens is 1. The van der Waals surface area contributed by atoms with Crippen molar-refractivity contribution in [1.82, 2.24) is 0 Å². The predicted octanol–water partition coefficient (Wildman–Crippen LogP) is 1.67. The number of carbonyl (C=O) groups is 1. The SMILES string of the molecule is COc1cc(C)c(F)c(C(=O)CCN)c1. The van der Waals surface area contributed by atoms with Gasteiger partial charge in [0.15, 0.2) is 5.78 Å². The monoisotopic (exact) mass is 211 g/mol. The van der Waals surface area contributed by atoms with Crippen LogP contribution in [0.15, 0.2) is 12.1 Å². The van der Waals surface area contributed by atoms with E-state index in [0.717, 1.165) is 0 Å². The first-order valence-corrected chi connectivity index (χ1v) is 4.67. The third-order valence-electron chi connectivity index (χ3n) is 2.14. The average molecular weight is 211 g/mol. The molecule has 0 heterocycles. The first kappa shape index (κ1) is 11.7. The summed E-state index contributed by atoms with van der Waals surface area (Å²) in [6.07, 6.45) is 0.142. The number of Topliss-reactive ketones (excluding diaryl/α,β-unsaturated/α-hetero) is 1. The van der Waals surface area contributed by atoms with Crippen LogP contribution >= 0.6 is 0 Å². The van der Waals surface area contributed by atoms with E-state index in [1.165, 1.54) is 13.2 Å². The van der Waals surface area contributed by atoms with Gasteiger partial charge < -0.3 is 10.5 Å². The highest BCUT2D eigenvalue weighted by molar-refractivity contribution is 5.97. The van der Waals surface area contributed by atoms with E-state index in [2.05, 4.69) is 0 Å². The molecule has 0 unspecified atom stereocenters. The lowest BCUT2D eigenvalue weighted by Crippen LogP contribution is -2.10. The molecule has 0 saturated carbocycles. The maximum Gasteiger partial charge on any atom is 0.167 e. The zero-order chi connectivity index (χ0) is 11.4. The van der Waals surface area contributed by atoms with Crippen LogP contribution in [0.5, 0.6) is 5.75 Å². The number of rotatable bonds is 4. The average Bonchev–Trinajstić information content (AvgIpc) is 2.22. The first-order valence-electron chi connectivity index (χ1n) is 4.67. The van der Waals surface area contributed by atoms with Crippen LogP contribution in [0.3, 0.4) is 0 Å². The summed E-state index contributed by atoms with van der Waals surface area (Å²) in [5.41, 5.74) is 5.70. The number of hydrogen-bond donors (Lipinski definition) is 1. The standard InChI is InChI=1S/C11H14FNO2/c1-7-5-8(15-2)6-9(11(7)12)10(14)3-4-13/h5-6H,3-4,13H2,1-2H3. The number of hydrogen-bond acceptors (Lipinski definition) is 3. The van der Waals surface area contributed by atoms with E-state index in [-0.39, 0.29) is 24.3 Å². The van der Waals surface area contributed by atoms with Crippen LogP contribution in [0.1, 0.15) is 22.3 Å². The lowest BCUT2D eigenvalue weighted by Gasteiger charge is -2.07. The van der Waals surface area contributed by atoms with E-state index in [1.807, 2.05) is 0 Å². The number of methoxy groups -OCH3 is 1. The molecular weight excluding hydrogens is 197 g/mol. The number of ether oxygens (including phenoxy) is 1. The van der Waals surface area contributed by atoms with Gasteiger partial charge in [0.05, 0.1) is 12.7 Å². The van der Waals surface area contributed by atoms with Gasteiger partial charge in [-0.05, 0) is 31.2 Å². The van der Waals surface area contributed by atoms with Crippen LogP contribution in [0.25, 0.3) is 0 Å². The fourth-order valence-corrected chi connectivity index (χ4v) is 1.32. The Labute approximate surface area is 88.0 Å². The number of ketones is 1. The fourth-order valence-electron chi connectivity index (χ4n) is 1.32. The van der Waals surface area contributed by atoms with Crippen LogP contribution in [0, 0.1) is 12.7 Å². The summed E-state index contributed by atoms with van der Waals surface area (Å²) in [5.74, 6) is -0.305. The second-order valence-electron chi connectivity index (χ2n) is 3.27. The van der Waals surface area contributed by atoms with Gasteiger partial charge in [-0.2, -0.15) is 0 Å². The molecule has 0 amide bonds. The molecule has 0 atom stereocenters. The number of aryl methyl sites for hydroxylation is 1. The Morgan fingerprint density at radius 2 is 2.20 bits per heavy atom. The van der Waals surface area contributed by atoms with E-state index < -0.39 is 5.82 Å². The first-order chi connectivity index (χ1) is 7.10. The Bertz CT molecular complexity index is 377. The summed E-state index contributed by atoms with van der Waals surface area (Å²) < 4.78 is 18.5. The molecule has 0 aliphatic carbocycles. The van der Waals surface area contributed by atoms with Crippen molar-refractivity contribution in [2.24, 2.45) is 5.73 Å². The fraction of sp³-hybridized carbons (Fsp3) is 0.364. The van der Waals surface area contributed by atoms with Crippen molar-refractivity contribution in [1.29, 1.82) is 0 Å². The summed E-state index contributed by atoms with van der Waals surface area (Å²) in [4.78, 5) is 11.5. The van der Waals surface area contributed by atoms with Crippen LogP contribution in [0.4, 0.5) is 4.39 Å². The minimum atomic E-state index is -0.491. The zero-order valence-corrected chi connectivity index (χ0v) is 8.84. The molecule has 15 heavy (non-hydrogen) atoms. The highest BCUT2D eigenvalue weighted by Gasteiger charge is 2.14. The molecule has 0 aromatic heterocycles. The largest absolute Gasteiger partial charge is 0.497 e. The van der Waals surface area contributed by atoms with E-state index in [4.69, 9.17) is 10.5 Å². The Balaban J connectivity index is 3.15. The molecule has 2 N–H and O–H groups in total. The third-order valence-corrected chi connectivity index (χ3v) is 2.14. The van der Waals surface area contributed by atoms with E-state index in [1.54, 1.807) is 13.0 Å². The van der Waals surface area contributed by atoms with Crippen molar-refractivity contribution in [3.8, 4) is 5.75 Å². The van der Waals surface area contributed by atoms with Crippen molar-refractivity contribution in [3.05, 3.63) is 29.1 Å². The summed E-state index contributed by atoms with van der Waals surface area (Å²) in [7, 11) is 1.48. The minimum absolute atomic E-state index is 0.0531. The van der Waals surface area contributed by atoms with Crippen molar-refractivity contribution >= 4 is 5.78 Å². The lowest BCUT2D eigenvalue weighted by molar-refractivity contribution is 0.0981. The van der Waals surface area contributed by atoms with Crippen LogP contribution in [-0.2, 0) is 0 Å². The summed E-state index contributed by atoms with van der Waals surface area (Å²) >= 11 is 0. The second-order valence-corrected chi connectivity index (χ2v) is 3.27. The third kappa shape index (κ3) is 2.53. The summed E-state index contributed by atoms with van der Waals surface area (Å²) in [6, 6.07) is 2.95. The van der Waals surface area contributed by atoms with E-state index in [9.17, 15) is 9.18 Å². The maximum atomic E-state index is 13.6. The Kier molecular flexibility index (Phi) is 3.80. The molecule has 0 radical (unpaired) electrons. The highest BCUT2D eigenvalue weighted by atomic mass is 19.1. The van der Waals surface area contributed by atoms with Crippen molar-refractivity contribution in [3.63, 3.8) is 0 Å².